The number of aliphatic hydroxyl groups is 1. The van der Waals surface area contributed by atoms with Crippen LogP contribution in [0.1, 0.15) is 55.6 Å². The molecule has 2 aliphatic carbocycles. The van der Waals surface area contributed by atoms with Crippen molar-refractivity contribution in [3.05, 3.63) is 59.7 Å². The summed E-state index contributed by atoms with van der Waals surface area (Å²) in [5, 5.41) is 12.2. The minimum atomic E-state index is -0.336. The molecule has 2 aliphatic rings. The third-order valence-corrected chi connectivity index (χ3v) is 6.48. The second kappa shape index (κ2) is 8.36. The number of ether oxygens (including phenoxy) is 1. The number of nitrogens with one attached hydrogen (secondary N) is 1. The van der Waals surface area contributed by atoms with Crippen molar-refractivity contribution < 1.29 is 14.6 Å². The molecule has 148 valence electrons. The number of rotatable bonds is 7. The molecule has 2 aromatic rings. The van der Waals surface area contributed by atoms with E-state index in [4.69, 9.17) is 4.74 Å². The number of fused-ring (bicyclic) bond motifs is 3. The molecule has 0 bridgehead atoms. The van der Waals surface area contributed by atoms with Gasteiger partial charge in [-0.1, -0.05) is 61.4 Å². The van der Waals surface area contributed by atoms with Gasteiger partial charge in [0, 0.05) is 19.1 Å². The molecule has 1 saturated carbocycles. The van der Waals surface area contributed by atoms with Crippen LogP contribution in [0.5, 0.6) is 0 Å². The predicted octanol–water partition coefficient (Wildman–Crippen LogP) is 4.86. The van der Waals surface area contributed by atoms with Gasteiger partial charge in [0.15, 0.2) is 0 Å². The normalized spacial score (nSPS) is 17.2. The predicted molar refractivity (Wildman–Crippen MR) is 110 cm³/mol. The van der Waals surface area contributed by atoms with Gasteiger partial charge < -0.3 is 15.2 Å². The topological polar surface area (TPSA) is 58.6 Å². The molecule has 0 unspecified atom stereocenters. The van der Waals surface area contributed by atoms with Crippen molar-refractivity contribution in [3.63, 3.8) is 0 Å². The highest BCUT2D eigenvalue weighted by Gasteiger charge is 2.34. The second-order valence-electron chi connectivity index (χ2n) is 8.21. The summed E-state index contributed by atoms with van der Waals surface area (Å²) in [5.41, 5.74) is 5.06. The highest BCUT2D eigenvalue weighted by molar-refractivity contribution is 5.79. The van der Waals surface area contributed by atoms with Crippen LogP contribution in [0.2, 0.25) is 0 Å². The van der Waals surface area contributed by atoms with Gasteiger partial charge in [0.05, 0.1) is 0 Å². The molecule has 4 heteroatoms. The maximum absolute atomic E-state index is 12.4. The molecule has 1 amide bonds. The largest absolute Gasteiger partial charge is 0.449 e. The number of aliphatic hydroxyl groups excluding tert-OH is 1. The van der Waals surface area contributed by atoms with Gasteiger partial charge in [-0.3, -0.25) is 0 Å². The molecule has 4 nitrogen and oxygen atoms in total. The number of hydrogen-bond donors (Lipinski definition) is 2. The quantitative estimate of drug-likeness (QED) is 0.722. The van der Waals surface area contributed by atoms with Crippen molar-refractivity contribution in [2.45, 2.75) is 44.4 Å². The first kappa shape index (κ1) is 19.0. The zero-order valence-electron chi connectivity index (χ0n) is 16.3. The highest BCUT2D eigenvalue weighted by Crippen LogP contribution is 2.44. The maximum Gasteiger partial charge on any atom is 0.407 e. The first-order chi connectivity index (χ1) is 13.7. The summed E-state index contributed by atoms with van der Waals surface area (Å²) in [7, 11) is 0. The van der Waals surface area contributed by atoms with Crippen LogP contribution >= 0.6 is 0 Å². The lowest BCUT2D eigenvalue weighted by Gasteiger charge is -2.29. The number of benzene rings is 2. The Hall–Kier alpha value is -2.33. The molecular weight excluding hydrogens is 350 g/mol. The Bertz CT molecular complexity index is 781. The molecule has 0 aromatic heterocycles. The smallest absolute Gasteiger partial charge is 0.407 e. The lowest BCUT2D eigenvalue weighted by Crippen LogP contribution is -2.37. The Kier molecular flexibility index (Phi) is 5.67. The Morgan fingerprint density at radius 1 is 1.04 bits per heavy atom. The first-order valence-corrected chi connectivity index (χ1v) is 10.4. The van der Waals surface area contributed by atoms with Gasteiger partial charge in [-0.25, -0.2) is 4.79 Å². The van der Waals surface area contributed by atoms with Crippen molar-refractivity contribution >= 4 is 6.09 Å². The van der Waals surface area contributed by atoms with E-state index in [9.17, 15) is 9.90 Å². The molecule has 2 aromatic carbocycles. The van der Waals surface area contributed by atoms with Gasteiger partial charge in [-0.05, 0) is 53.4 Å². The fraction of sp³-hybridized carbons (Fsp3) is 0.458. The number of hydrogen-bond acceptors (Lipinski definition) is 3. The van der Waals surface area contributed by atoms with Crippen molar-refractivity contribution in [1.82, 2.24) is 5.32 Å². The van der Waals surface area contributed by atoms with Crippen LogP contribution in [0.25, 0.3) is 11.1 Å². The number of carbonyl (C=O) groups excluding carboxylic acids is 1. The zero-order chi connectivity index (χ0) is 19.4. The molecule has 0 saturated heterocycles. The number of carbonyl (C=O) groups is 1. The van der Waals surface area contributed by atoms with Gasteiger partial charge in [0.25, 0.3) is 0 Å². The SMILES string of the molecule is O=C(NCC1(CCCO)CCCC1)OCC1c2ccccc2-c2ccccc21. The van der Waals surface area contributed by atoms with E-state index in [2.05, 4.69) is 41.7 Å². The summed E-state index contributed by atoms with van der Waals surface area (Å²) >= 11 is 0. The minimum Gasteiger partial charge on any atom is -0.449 e. The zero-order valence-corrected chi connectivity index (χ0v) is 16.3. The molecule has 0 heterocycles. The van der Waals surface area contributed by atoms with Gasteiger partial charge in [-0.15, -0.1) is 0 Å². The van der Waals surface area contributed by atoms with Crippen LogP contribution < -0.4 is 5.32 Å². The molecule has 0 atom stereocenters. The first-order valence-electron chi connectivity index (χ1n) is 10.4. The minimum absolute atomic E-state index is 0.0907. The summed E-state index contributed by atoms with van der Waals surface area (Å²) in [6.07, 6.45) is 6.08. The third kappa shape index (κ3) is 3.79. The van der Waals surface area contributed by atoms with Crippen LogP contribution in [0, 0.1) is 5.41 Å². The van der Waals surface area contributed by atoms with Crippen LogP contribution in [0.4, 0.5) is 4.79 Å². The molecule has 2 N–H and O–H groups in total. The van der Waals surface area contributed by atoms with E-state index in [-0.39, 0.29) is 24.0 Å². The average Bonchev–Trinajstić information content (AvgIpc) is 3.33. The fourth-order valence-corrected chi connectivity index (χ4v) is 5.00. The summed E-state index contributed by atoms with van der Waals surface area (Å²) < 4.78 is 5.65. The van der Waals surface area contributed by atoms with Crippen molar-refractivity contribution in [2.24, 2.45) is 5.41 Å². The van der Waals surface area contributed by atoms with Gasteiger partial charge in [0.1, 0.15) is 6.61 Å². The maximum atomic E-state index is 12.4. The Labute approximate surface area is 166 Å². The van der Waals surface area contributed by atoms with Gasteiger partial charge in [-0.2, -0.15) is 0 Å². The lowest BCUT2D eigenvalue weighted by atomic mass is 9.81. The van der Waals surface area contributed by atoms with E-state index < -0.39 is 0 Å². The van der Waals surface area contributed by atoms with Crippen LogP contribution in [-0.4, -0.2) is 31.0 Å². The van der Waals surface area contributed by atoms with E-state index in [0.717, 1.165) is 25.7 Å². The van der Waals surface area contributed by atoms with Crippen LogP contribution in [0.15, 0.2) is 48.5 Å². The molecular formula is C24H29NO3. The van der Waals surface area contributed by atoms with E-state index >= 15 is 0 Å². The molecule has 0 radical (unpaired) electrons. The molecule has 4 rings (SSSR count). The van der Waals surface area contributed by atoms with Gasteiger partial charge >= 0.3 is 6.09 Å². The lowest BCUT2D eigenvalue weighted by molar-refractivity contribution is 0.133. The van der Waals surface area contributed by atoms with Crippen molar-refractivity contribution in [3.8, 4) is 11.1 Å². The molecule has 0 spiro atoms. The average molecular weight is 380 g/mol. The Morgan fingerprint density at radius 2 is 1.64 bits per heavy atom. The van der Waals surface area contributed by atoms with Crippen LogP contribution in [0.3, 0.4) is 0 Å². The van der Waals surface area contributed by atoms with Crippen LogP contribution in [-0.2, 0) is 4.74 Å². The van der Waals surface area contributed by atoms with Crippen molar-refractivity contribution in [2.75, 3.05) is 19.8 Å². The molecule has 28 heavy (non-hydrogen) atoms. The van der Waals surface area contributed by atoms with Gasteiger partial charge in [0.2, 0.25) is 0 Å². The van der Waals surface area contributed by atoms with E-state index in [1.165, 1.54) is 35.1 Å². The number of alkyl carbamates (subject to hydrolysis) is 1. The second-order valence-corrected chi connectivity index (χ2v) is 8.21. The molecule has 0 aliphatic heterocycles. The summed E-state index contributed by atoms with van der Waals surface area (Å²) in [6.45, 7) is 1.21. The third-order valence-electron chi connectivity index (χ3n) is 6.48. The standard InChI is InChI=1S/C24H29NO3/c26-15-7-14-24(12-5-6-13-24)17-25-23(27)28-16-22-20-10-3-1-8-18(20)19-9-2-4-11-21(19)22/h1-4,8-11,22,26H,5-7,12-17H2,(H,25,27). The highest BCUT2D eigenvalue weighted by atomic mass is 16.5. The summed E-state index contributed by atoms with van der Waals surface area (Å²) in [6, 6.07) is 16.7. The summed E-state index contributed by atoms with van der Waals surface area (Å²) in [5.74, 6) is 0.0907. The van der Waals surface area contributed by atoms with E-state index in [1.54, 1.807) is 0 Å². The number of amides is 1. The monoisotopic (exact) mass is 379 g/mol. The summed E-state index contributed by atoms with van der Waals surface area (Å²) in [4.78, 5) is 12.4. The fourth-order valence-electron chi connectivity index (χ4n) is 5.00. The van der Waals surface area contributed by atoms with Crippen molar-refractivity contribution in [1.29, 1.82) is 0 Å². The molecule has 1 fully saturated rings. The Morgan fingerprint density at radius 3 is 2.25 bits per heavy atom. The Balaban J connectivity index is 1.37. The van der Waals surface area contributed by atoms with E-state index in [0.29, 0.717) is 13.2 Å². The van der Waals surface area contributed by atoms with E-state index in [1.807, 2.05) is 12.1 Å².